The average Bonchev–Trinajstić information content (AvgIpc) is 3.00. The van der Waals surface area contributed by atoms with E-state index < -0.39 is 17.8 Å². The van der Waals surface area contributed by atoms with Crippen LogP contribution in [0.2, 0.25) is 10.0 Å². The molecule has 1 amide bonds. The van der Waals surface area contributed by atoms with Crippen molar-refractivity contribution in [3.8, 4) is 0 Å². The molecule has 0 atom stereocenters. The third kappa shape index (κ3) is 4.39. The molecule has 10 heteroatoms. The minimum Gasteiger partial charge on any atom is -0.335 e. The van der Waals surface area contributed by atoms with Crippen LogP contribution in [0.15, 0.2) is 24.3 Å². The first-order chi connectivity index (χ1) is 12.7. The number of aromatic nitrogens is 2. The molecule has 0 unspecified atom stereocenters. The molecule has 1 aromatic carbocycles. The molecule has 0 radical (unpaired) electrons. The number of halogens is 5. The minimum absolute atomic E-state index is 0.201. The number of hydrogen-bond acceptors (Lipinski definition) is 3. The first kappa shape index (κ1) is 20.0. The lowest BCUT2D eigenvalue weighted by molar-refractivity contribution is -0.143. The summed E-state index contributed by atoms with van der Waals surface area (Å²) in [7, 11) is 1.17. The van der Waals surface area contributed by atoms with Gasteiger partial charge in [0.25, 0.3) is 5.91 Å². The van der Waals surface area contributed by atoms with E-state index in [4.69, 9.17) is 23.2 Å². The Morgan fingerprint density at radius 2 is 1.74 bits per heavy atom. The van der Waals surface area contributed by atoms with Gasteiger partial charge in [-0.25, -0.2) is 0 Å². The van der Waals surface area contributed by atoms with Gasteiger partial charge < -0.3 is 4.90 Å². The van der Waals surface area contributed by atoms with E-state index in [9.17, 15) is 18.0 Å². The Bertz CT molecular complexity index is 825. The summed E-state index contributed by atoms with van der Waals surface area (Å²) in [4.78, 5) is 16.1. The van der Waals surface area contributed by atoms with Crippen molar-refractivity contribution in [3.63, 3.8) is 0 Å². The molecule has 3 rings (SSSR count). The van der Waals surface area contributed by atoms with Crippen molar-refractivity contribution in [1.29, 1.82) is 0 Å². The SMILES string of the molecule is Cn1nc(C(=O)N2CCN(Cc3c(Cl)cccc3Cl)CC2)cc1C(F)(F)F. The largest absolute Gasteiger partial charge is 0.433 e. The third-order valence-electron chi connectivity index (χ3n) is 4.49. The Morgan fingerprint density at radius 1 is 1.15 bits per heavy atom. The molecule has 27 heavy (non-hydrogen) atoms. The molecule has 1 aliphatic heterocycles. The Hall–Kier alpha value is -1.77. The van der Waals surface area contributed by atoms with Gasteiger partial charge in [-0.3, -0.25) is 14.4 Å². The molecular weight excluding hydrogens is 404 g/mol. The number of hydrogen-bond donors (Lipinski definition) is 0. The molecule has 2 aromatic rings. The van der Waals surface area contributed by atoms with Crippen LogP contribution in [0.25, 0.3) is 0 Å². The van der Waals surface area contributed by atoms with E-state index in [1.807, 2.05) is 0 Å². The number of aryl methyl sites for hydroxylation is 1. The zero-order valence-corrected chi connectivity index (χ0v) is 15.9. The van der Waals surface area contributed by atoms with Crippen molar-refractivity contribution in [2.75, 3.05) is 26.2 Å². The maximum absolute atomic E-state index is 12.9. The summed E-state index contributed by atoms with van der Waals surface area (Å²) in [5, 5.41) is 4.88. The van der Waals surface area contributed by atoms with Gasteiger partial charge in [0.15, 0.2) is 5.69 Å². The number of rotatable bonds is 3. The molecule has 0 N–H and O–H groups in total. The van der Waals surface area contributed by atoms with E-state index in [1.165, 1.54) is 11.9 Å². The van der Waals surface area contributed by atoms with Crippen molar-refractivity contribution in [2.45, 2.75) is 12.7 Å². The van der Waals surface area contributed by atoms with E-state index in [-0.39, 0.29) is 5.69 Å². The van der Waals surface area contributed by atoms with E-state index in [0.717, 1.165) is 11.6 Å². The van der Waals surface area contributed by atoms with Gasteiger partial charge in [0, 0.05) is 61.4 Å². The fraction of sp³-hybridized carbons (Fsp3) is 0.412. The summed E-state index contributed by atoms with van der Waals surface area (Å²) in [6.45, 7) is 2.44. The average molecular weight is 421 g/mol. The fourth-order valence-corrected chi connectivity index (χ4v) is 3.53. The zero-order chi connectivity index (χ0) is 19.8. The summed E-state index contributed by atoms with van der Waals surface area (Å²) in [6.07, 6.45) is -4.55. The maximum Gasteiger partial charge on any atom is 0.433 e. The Morgan fingerprint density at radius 3 is 2.26 bits per heavy atom. The lowest BCUT2D eigenvalue weighted by Gasteiger charge is -2.34. The van der Waals surface area contributed by atoms with Gasteiger partial charge in [0.05, 0.1) is 0 Å². The fourth-order valence-electron chi connectivity index (χ4n) is 3.02. The summed E-state index contributed by atoms with van der Waals surface area (Å²) in [5.74, 6) is -0.503. The lowest BCUT2D eigenvalue weighted by Crippen LogP contribution is -2.48. The molecule has 146 valence electrons. The van der Waals surface area contributed by atoms with E-state index in [0.29, 0.717) is 47.5 Å². The molecule has 0 aliphatic carbocycles. The number of carbonyl (C=O) groups is 1. The number of benzene rings is 1. The summed E-state index contributed by atoms with van der Waals surface area (Å²) in [5.41, 5.74) is -0.328. The van der Waals surface area contributed by atoms with Crippen molar-refractivity contribution < 1.29 is 18.0 Å². The van der Waals surface area contributed by atoms with Crippen LogP contribution in [0.1, 0.15) is 21.7 Å². The van der Waals surface area contributed by atoms with Crippen LogP contribution in [-0.2, 0) is 19.8 Å². The number of nitrogens with zero attached hydrogens (tertiary/aromatic N) is 4. The van der Waals surface area contributed by atoms with E-state index >= 15 is 0 Å². The first-order valence-corrected chi connectivity index (χ1v) is 8.98. The molecule has 5 nitrogen and oxygen atoms in total. The lowest BCUT2D eigenvalue weighted by atomic mass is 10.2. The van der Waals surface area contributed by atoms with E-state index in [2.05, 4.69) is 10.00 Å². The van der Waals surface area contributed by atoms with Gasteiger partial charge in [0.2, 0.25) is 0 Å². The first-order valence-electron chi connectivity index (χ1n) is 8.22. The molecule has 1 fully saturated rings. The second-order valence-corrected chi connectivity index (χ2v) is 7.12. The van der Waals surface area contributed by atoms with Gasteiger partial charge in [-0.05, 0) is 12.1 Å². The predicted octanol–water partition coefficient (Wildman–Crippen LogP) is 3.70. The molecule has 2 heterocycles. The number of amides is 1. The van der Waals surface area contributed by atoms with Crippen LogP contribution in [0, 0.1) is 0 Å². The third-order valence-corrected chi connectivity index (χ3v) is 5.20. The Balaban J connectivity index is 1.63. The van der Waals surface area contributed by atoms with Crippen molar-refractivity contribution >= 4 is 29.1 Å². The van der Waals surface area contributed by atoms with Crippen LogP contribution in [-0.4, -0.2) is 51.7 Å². The molecular formula is C17H17Cl2F3N4O. The van der Waals surface area contributed by atoms with Crippen LogP contribution >= 0.6 is 23.2 Å². The van der Waals surface area contributed by atoms with Crippen LogP contribution < -0.4 is 0 Å². The summed E-state index contributed by atoms with van der Waals surface area (Å²) >= 11 is 12.4. The van der Waals surface area contributed by atoms with Crippen LogP contribution in [0.4, 0.5) is 13.2 Å². The normalized spacial score (nSPS) is 16.0. The van der Waals surface area contributed by atoms with Gasteiger partial charge >= 0.3 is 6.18 Å². The van der Waals surface area contributed by atoms with Gasteiger partial charge in [-0.15, -0.1) is 0 Å². The zero-order valence-electron chi connectivity index (χ0n) is 14.4. The smallest absolute Gasteiger partial charge is 0.335 e. The van der Waals surface area contributed by atoms with Gasteiger partial charge in [0.1, 0.15) is 5.69 Å². The number of piperazine rings is 1. The molecule has 1 aliphatic rings. The van der Waals surface area contributed by atoms with E-state index in [1.54, 1.807) is 18.2 Å². The number of carbonyl (C=O) groups excluding carboxylic acids is 1. The second-order valence-electron chi connectivity index (χ2n) is 6.30. The van der Waals surface area contributed by atoms with Crippen molar-refractivity contribution in [1.82, 2.24) is 19.6 Å². The second kappa shape index (κ2) is 7.69. The summed E-state index contributed by atoms with van der Waals surface area (Å²) < 4.78 is 39.3. The van der Waals surface area contributed by atoms with Crippen molar-refractivity contribution in [3.05, 3.63) is 51.3 Å². The Kier molecular flexibility index (Phi) is 5.69. The predicted molar refractivity (Wildman–Crippen MR) is 95.9 cm³/mol. The Labute approximate surface area is 164 Å². The molecule has 1 saturated heterocycles. The van der Waals surface area contributed by atoms with Crippen LogP contribution in [0.3, 0.4) is 0 Å². The highest BCUT2D eigenvalue weighted by atomic mass is 35.5. The molecule has 1 aromatic heterocycles. The quantitative estimate of drug-likeness (QED) is 0.759. The highest BCUT2D eigenvalue weighted by molar-refractivity contribution is 6.35. The minimum atomic E-state index is -4.55. The van der Waals surface area contributed by atoms with Crippen LogP contribution in [0.5, 0.6) is 0 Å². The monoisotopic (exact) mass is 420 g/mol. The molecule has 0 bridgehead atoms. The number of alkyl halides is 3. The van der Waals surface area contributed by atoms with Crippen molar-refractivity contribution in [2.24, 2.45) is 7.05 Å². The highest BCUT2D eigenvalue weighted by Gasteiger charge is 2.36. The van der Waals surface area contributed by atoms with Gasteiger partial charge in [-0.1, -0.05) is 29.3 Å². The standard InChI is InChI=1S/C17H17Cl2F3N4O/c1-24-15(17(20,21)22)9-14(23-24)16(27)26-7-5-25(6-8-26)10-11-12(18)3-2-4-13(11)19/h2-4,9H,5-8,10H2,1H3. The summed E-state index contributed by atoms with van der Waals surface area (Å²) in [6, 6.07) is 6.09. The molecule has 0 spiro atoms. The van der Waals surface area contributed by atoms with Gasteiger partial charge in [-0.2, -0.15) is 18.3 Å². The molecule has 0 saturated carbocycles. The highest BCUT2D eigenvalue weighted by Crippen LogP contribution is 2.30. The maximum atomic E-state index is 12.9. The topological polar surface area (TPSA) is 41.4 Å².